The third-order valence-corrected chi connectivity index (χ3v) is 4.55. The van der Waals surface area contributed by atoms with E-state index in [1.807, 2.05) is 12.1 Å². The Hall–Kier alpha value is -0.600. The molecule has 1 heterocycles. The molecule has 1 aliphatic carbocycles. The number of halogens is 2. The molecule has 3 rings (SSSR count). The molecule has 1 saturated heterocycles. The second-order valence-electron chi connectivity index (χ2n) is 5.58. The lowest BCUT2D eigenvalue weighted by atomic mass is 9.54. The fourth-order valence-electron chi connectivity index (χ4n) is 3.42. The molecule has 0 radical (unpaired) electrons. The molecule has 1 aromatic rings. The van der Waals surface area contributed by atoms with Crippen LogP contribution in [0.25, 0.3) is 0 Å². The highest BCUT2D eigenvalue weighted by Crippen LogP contribution is 2.60. The van der Waals surface area contributed by atoms with Crippen LogP contribution in [0.3, 0.4) is 0 Å². The van der Waals surface area contributed by atoms with Crippen molar-refractivity contribution in [2.45, 2.75) is 31.4 Å². The molecule has 2 fully saturated rings. The van der Waals surface area contributed by atoms with E-state index in [2.05, 4.69) is 5.32 Å². The second kappa shape index (κ2) is 3.96. The van der Waals surface area contributed by atoms with Crippen molar-refractivity contribution in [2.24, 2.45) is 5.41 Å². The molecule has 1 aliphatic heterocycles. The lowest BCUT2D eigenvalue weighted by molar-refractivity contribution is -0.0895. The fraction of sp³-hybridized carbons (Fsp3) is 0.571. The van der Waals surface area contributed by atoms with Crippen molar-refractivity contribution in [3.63, 3.8) is 0 Å². The van der Waals surface area contributed by atoms with Gasteiger partial charge in [0.2, 0.25) is 0 Å². The van der Waals surface area contributed by atoms with Crippen LogP contribution in [0, 0.1) is 5.41 Å². The first kappa shape index (κ1) is 11.5. The maximum atomic E-state index is 14.8. The molecule has 0 atom stereocenters. The van der Waals surface area contributed by atoms with E-state index < -0.39 is 5.67 Å². The van der Waals surface area contributed by atoms with Crippen molar-refractivity contribution in [3.8, 4) is 0 Å². The summed E-state index contributed by atoms with van der Waals surface area (Å²) in [5.41, 5.74) is -0.126. The van der Waals surface area contributed by atoms with E-state index in [1.54, 1.807) is 12.1 Å². The summed E-state index contributed by atoms with van der Waals surface area (Å²) in [7, 11) is 0. The Kier molecular flexibility index (Phi) is 2.68. The highest BCUT2D eigenvalue weighted by Gasteiger charge is 2.55. The normalized spacial score (nSPS) is 25.5. The molecule has 1 N–H and O–H groups in total. The number of hydrogen-bond donors (Lipinski definition) is 1. The Morgan fingerprint density at radius 3 is 2.53 bits per heavy atom. The van der Waals surface area contributed by atoms with Gasteiger partial charge >= 0.3 is 0 Å². The van der Waals surface area contributed by atoms with E-state index in [1.165, 1.54) is 0 Å². The van der Waals surface area contributed by atoms with E-state index in [9.17, 15) is 4.39 Å². The summed E-state index contributed by atoms with van der Waals surface area (Å²) in [5, 5.41) is 3.97. The van der Waals surface area contributed by atoms with Crippen molar-refractivity contribution in [1.29, 1.82) is 0 Å². The van der Waals surface area contributed by atoms with Gasteiger partial charge in [0.05, 0.1) is 0 Å². The van der Waals surface area contributed by atoms with Gasteiger partial charge in [0.15, 0.2) is 0 Å². The zero-order chi connectivity index (χ0) is 11.9. The Balaban J connectivity index is 1.77. The van der Waals surface area contributed by atoms with E-state index in [-0.39, 0.29) is 5.41 Å². The molecule has 0 aromatic heterocycles. The molecule has 0 bridgehead atoms. The quantitative estimate of drug-likeness (QED) is 0.805. The molecule has 3 heteroatoms. The van der Waals surface area contributed by atoms with Crippen LogP contribution in [-0.2, 0) is 5.67 Å². The Morgan fingerprint density at radius 2 is 1.88 bits per heavy atom. The van der Waals surface area contributed by atoms with Gasteiger partial charge in [0.25, 0.3) is 0 Å². The van der Waals surface area contributed by atoms with Gasteiger partial charge in [-0.05, 0) is 61.9 Å². The number of hydrogen-bond acceptors (Lipinski definition) is 1. The lowest BCUT2D eigenvalue weighted by Crippen LogP contribution is -2.51. The van der Waals surface area contributed by atoms with Gasteiger partial charge in [-0.2, -0.15) is 0 Å². The zero-order valence-electron chi connectivity index (χ0n) is 9.81. The zero-order valence-corrected chi connectivity index (χ0v) is 10.6. The van der Waals surface area contributed by atoms with Gasteiger partial charge in [-0.15, -0.1) is 0 Å². The van der Waals surface area contributed by atoms with Crippen molar-refractivity contribution in [1.82, 2.24) is 5.32 Å². The standard InChI is InChI=1S/C14H17ClFN/c15-12-3-1-2-11(8-12)14(16)9-13(10-14)4-6-17-7-5-13/h1-3,8,17H,4-7,9-10H2. The van der Waals surface area contributed by atoms with Crippen molar-refractivity contribution in [3.05, 3.63) is 34.9 Å². The van der Waals surface area contributed by atoms with Crippen molar-refractivity contribution >= 4 is 11.6 Å². The van der Waals surface area contributed by atoms with Gasteiger partial charge in [-0.3, -0.25) is 0 Å². The molecule has 0 unspecified atom stereocenters. The Morgan fingerprint density at radius 1 is 1.18 bits per heavy atom. The molecule has 1 aromatic carbocycles. The highest BCUT2D eigenvalue weighted by molar-refractivity contribution is 6.30. The predicted octanol–water partition coefficient (Wildman–Crippen LogP) is 3.67. The third kappa shape index (κ3) is 1.98. The topological polar surface area (TPSA) is 12.0 Å². The highest BCUT2D eigenvalue weighted by atomic mass is 35.5. The largest absolute Gasteiger partial charge is 0.317 e. The summed E-state index contributed by atoms with van der Waals surface area (Å²) in [6, 6.07) is 7.27. The number of nitrogens with one attached hydrogen (secondary N) is 1. The average Bonchev–Trinajstić information content (AvgIpc) is 2.28. The summed E-state index contributed by atoms with van der Waals surface area (Å²) in [4.78, 5) is 0. The summed E-state index contributed by atoms with van der Waals surface area (Å²) in [6.07, 6.45) is 3.56. The first-order valence-corrected chi connectivity index (χ1v) is 6.66. The van der Waals surface area contributed by atoms with E-state index in [0.717, 1.165) is 31.5 Å². The number of rotatable bonds is 1. The van der Waals surface area contributed by atoms with Gasteiger partial charge in [0.1, 0.15) is 5.67 Å². The lowest BCUT2D eigenvalue weighted by Gasteiger charge is -2.54. The minimum absolute atomic E-state index is 0.252. The van der Waals surface area contributed by atoms with E-state index >= 15 is 0 Å². The predicted molar refractivity (Wildman–Crippen MR) is 68.0 cm³/mol. The maximum Gasteiger partial charge on any atom is 0.137 e. The van der Waals surface area contributed by atoms with Gasteiger partial charge in [-0.1, -0.05) is 23.7 Å². The van der Waals surface area contributed by atoms with Crippen LogP contribution in [0.1, 0.15) is 31.2 Å². The van der Waals surface area contributed by atoms with Gasteiger partial charge in [-0.25, -0.2) is 4.39 Å². The second-order valence-corrected chi connectivity index (χ2v) is 6.02. The van der Waals surface area contributed by atoms with Gasteiger partial charge < -0.3 is 5.32 Å². The van der Waals surface area contributed by atoms with Gasteiger partial charge in [0, 0.05) is 5.02 Å². The smallest absolute Gasteiger partial charge is 0.137 e. The van der Waals surface area contributed by atoms with Crippen LogP contribution in [0.4, 0.5) is 4.39 Å². The maximum absolute atomic E-state index is 14.8. The summed E-state index contributed by atoms with van der Waals surface area (Å²) < 4.78 is 14.8. The van der Waals surface area contributed by atoms with Crippen LogP contribution in [0.2, 0.25) is 5.02 Å². The molecule has 1 spiro atoms. The molecular weight excluding hydrogens is 237 g/mol. The van der Waals surface area contributed by atoms with Crippen molar-refractivity contribution in [2.75, 3.05) is 13.1 Å². The first-order chi connectivity index (χ1) is 8.12. The SMILES string of the molecule is FC1(c2cccc(Cl)c2)CC2(CCNCC2)C1. The van der Waals surface area contributed by atoms with Crippen LogP contribution < -0.4 is 5.32 Å². The fourth-order valence-corrected chi connectivity index (χ4v) is 3.61. The molecule has 2 aliphatic rings. The first-order valence-electron chi connectivity index (χ1n) is 6.28. The summed E-state index contributed by atoms with van der Waals surface area (Å²) in [6.45, 7) is 2.07. The molecule has 17 heavy (non-hydrogen) atoms. The Labute approximate surface area is 106 Å². The number of piperidine rings is 1. The number of alkyl halides is 1. The molecule has 92 valence electrons. The number of benzene rings is 1. The molecule has 0 amide bonds. The summed E-state index contributed by atoms with van der Waals surface area (Å²) in [5.74, 6) is 0. The minimum Gasteiger partial charge on any atom is -0.317 e. The van der Waals surface area contributed by atoms with Crippen LogP contribution in [-0.4, -0.2) is 13.1 Å². The molecule has 1 saturated carbocycles. The van der Waals surface area contributed by atoms with E-state index in [4.69, 9.17) is 11.6 Å². The van der Waals surface area contributed by atoms with Crippen molar-refractivity contribution < 1.29 is 4.39 Å². The van der Waals surface area contributed by atoms with Crippen LogP contribution in [0.15, 0.2) is 24.3 Å². The van der Waals surface area contributed by atoms with E-state index in [0.29, 0.717) is 17.9 Å². The third-order valence-electron chi connectivity index (χ3n) is 4.32. The monoisotopic (exact) mass is 253 g/mol. The van der Waals surface area contributed by atoms with Crippen LogP contribution in [0.5, 0.6) is 0 Å². The average molecular weight is 254 g/mol. The Bertz CT molecular complexity index is 418. The summed E-state index contributed by atoms with van der Waals surface area (Å²) >= 11 is 5.93. The minimum atomic E-state index is -1.14. The molecular formula is C14H17ClFN. The molecule has 1 nitrogen and oxygen atoms in total. The van der Waals surface area contributed by atoms with Crippen LogP contribution >= 0.6 is 11.6 Å².